The third-order valence-electron chi connectivity index (χ3n) is 7.58. The van der Waals surface area contributed by atoms with Crippen molar-refractivity contribution >= 4 is 18.2 Å². The summed E-state index contributed by atoms with van der Waals surface area (Å²) >= 11 is 0. The second kappa shape index (κ2) is 11.7. The molecule has 0 bridgehead atoms. The Kier molecular flexibility index (Phi) is 8.06. The Balaban J connectivity index is 1.33. The molecular formula is C32H36N2O7. The third-order valence-corrected chi connectivity index (χ3v) is 7.58. The summed E-state index contributed by atoms with van der Waals surface area (Å²) in [5.41, 5.74) is 3.89. The lowest BCUT2D eigenvalue weighted by atomic mass is 9.90. The van der Waals surface area contributed by atoms with Crippen LogP contribution in [0.2, 0.25) is 0 Å². The first kappa shape index (κ1) is 28.3. The van der Waals surface area contributed by atoms with Crippen LogP contribution in [0.3, 0.4) is 0 Å². The molecule has 0 spiro atoms. The Morgan fingerprint density at radius 1 is 0.976 bits per heavy atom. The lowest BCUT2D eigenvalue weighted by Crippen LogP contribution is -2.48. The van der Waals surface area contributed by atoms with E-state index in [0.717, 1.165) is 35.1 Å². The van der Waals surface area contributed by atoms with Gasteiger partial charge in [-0.3, -0.25) is 4.90 Å². The number of carbonyl (C=O) groups is 3. The van der Waals surface area contributed by atoms with Crippen molar-refractivity contribution in [3.05, 3.63) is 83.3 Å². The molecule has 5 rings (SSSR count). The standard InChI is InChI=1S/C32H36N2O7/c1-32(2,3)41-30(37)33-20-9-8-10-21(17-20)34(18-22-15-16-28(40-22)29(35)36)31(38)39-19-27-25-13-6-4-11-23(25)24-12-5-7-14-26(24)27/h4-7,11-16,20-21,27H,8-10,17-19H2,1-3H3,(H,33,37)(H,35,36)/t20-,21-/m1/s1. The van der Waals surface area contributed by atoms with E-state index in [1.165, 1.54) is 6.07 Å². The van der Waals surface area contributed by atoms with Crippen molar-refractivity contribution in [3.63, 3.8) is 0 Å². The van der Waals surface area contributed by atoms with Crippen molar-refractivity contribution in [2.45, 2.75) is 76.6 Å². The molecule has 2 aliphatic rings. The number of carbonyl (C=O) groups excluding carboxylic acids is 2. The highest BCUT2D eigenvalue weighted by Gasteiger charge is 2.35. The zero-order valence-corrected chi connectivity index (χ0v) is 23.6. The number of carboxylic acids is 1. The first-order valence-electron chi connectivity index (χ1n) is 14.0. The molecule has 2 aromatic carbocycles. The van der Waals surface area contributed by atoms with E-state index in [0.29, 0.717) is 18.6 Å². The summed E-state index contributed by atoms with van der Waals surface area (Å²) in [6.07, 6.45) is 1.77. The molecule has 2 N–H and O–H groups in total. The van der Waals surface area contributed by atoms with Gasteiger partial charge in [0.1, 0.15) is 18.0 Å². The van der Waals surface area contributed by atoms with Crippen molar-refractivity contribution in [3.8, 4) is 11.1 Å². The number of carboxylic acid groups (broad SMARTS) is 1. The summed E-state index contributed by atoms with van der Waals surface area (Å²) in [7, 11) is 0. The Labute approximate surface area is 239 Å². The molecule has 9 nitrogen and oxygen atoms in total. The van der Waals surface area contributed by atoms with Crippen molar-refractivity contribution < 1.29 is 33.4 Å². The van der Waals surface area contributed by atoms with Crippen molar-refractivity contribution in [1.82, 2.24) is 10.2 Å². The van der Waals surface area contributed by atoms with E-state index in [1.54, 1.807) is 11.0 Å². The van der Waals surface area contributed by atoms with E-state index in [2.05, 4.69) is 29.6 Å². The monoisotopic (exact) mass is 560 g/mol. The average molecular weight is 561 g/mol. The zero-order valence-electron chi connectivity index (χ0n) is 23.6. The molecule has 1 fully saturated rings. The number of amides is 2. The third kappa shape index (κ3) is 6.56. The number of alkyl carbamates (subject to hydrolysis) is 1. The van der Waals surface area contributed by atoms with Crippen LogP contribution in [0.4, 0.5) is 9.59 Å². The number of hydrogen-bond donors (Lipinski definition) is 2. The predicted octanol–water partition coefficient (Wildman–Crippen LogP) is 6.56. The van der Waals surface area contributed by atoms with E-state index in [1.807, 2.05) is 45.0 Å². The SMILES string of the molecule is CC(C)(C)OC(=O)N[C@@H]1CCC[C@@H](N(Cc2ccc(C(=O)O)o2)C(=O)OCC2c3ccccc3-c3ccccc32)C1. The van der Waals surface area contributed by atoms with E-state index < -0.39 is 23.8 Å². The number of nitrogens with zero attached hydrogens (tertiary/aromatic N) is 1. The highest BCUT2D eigenvalue weighted by atomic mass is 16.6. The second-order valence-corrected chi connectivity index (χ2v) is 11.7. The van der Waals surface area contributed by atoms with Crippen molar-refractivity contribution in [1.29, 1.82) is 0 Å². The number of aromatic carboxylic acids is 1. The van der Waals surface area contributed by atoms with Gasteiger partial charge in [-0.15, -0.1) is 0 Å². The van der Waals surface area contributed by atoms with Crippen LogP contribution in [-0.4, -0.2) is 52.5 Å². The van der Waals surface area contributed by atoms with Crippen LogP contribution in [0.25, 0.3) is 11.1 Å². The summed E-state index contributed by atoms with van der Waals surface area (Å²) in [6, 6.07) is 18.8. The fourth-order valence-corrected chi connectivity index (χ4v) is 5.82. The van der Waals surface area contributed by atoms with Gasteiger partial charge in [-0.1, -0.05) is 48.5 Å². The number of ether oxygens (including phenoxy) is 2. The second-order valence-electron chi connectivity index (χ2n) is 11.7. The molecule has 1 saturated carbocycles. The minimum absolute atomic E-state index is 0.0494. The molecule has 1 aromatic heterocycles. The molecular weight excluding hydrogens is 524 g/mol. The minimum atomic E-state index is -1.18. The molecule has 2 amide bonds. The summed E-state index contributed by atoms with van der Waals surface area (Å²) in [6.45, 7) is 5.64. The molecule has 0 radical (unpaired) electrons. The molecule has 0 aliphatic heterocycles. The Bertz CT molecular complexity index is 1380. The maximum atomic E-state index is 13.7. The molecule has 9 heteroatoms. The van der Waals surface area contributed by atoms with Crippen LogP contribution < -0.4 is 5.32 Å². The van der Waals surface area contributed by atoms with Crippen LogP contribution in [0, 0.1) is 0 Å². The minimum Gasteiger partial charge on any atom is -0.475 e. The van der Waals surface area contributed by atoms with Gasteiger partial charge in [0.2, 0.25) is 5.76 Å². The van der Waals surface area contributed by atoms with E-state index >= 15 is 0 Å². The van der Waals surface area contributed by atoms with Gasteiger partial charge in [0.05, 0.1) is 6.54 Å². The number of hydrogen-bond acceptors (Lipinski definition) is 6. The van der Waals surface area contributed by atoms with Crippen LogP contribution in [0.5, 0.6) is 0 Å². The molecule has 2 atom stereocenters. The van der Waals surface area contributed by atoms with Crippen LogP contribution >= 0.6 is 0 Å². The Morgan fingerprint density at radius 3 is 2.24 bits per heavy atom. The van der Waals surface area contributed by atoms with Gasteiger partial charge >= 0.3 is 18.2 Å². The van der Waals surface area contributed by atoms with Gasteiger partial charge in [0, 0.05) is 18.0 Å². The molecule has 216 valence electrons. The van der Waals surface area contributed by atoms with Gasteiger partial charge in [0.15, 0.2) is 0 Å². The first-order chi connectivity index (χ1) is 19.6. The molecule has 41 heavy (non-hydrogen) atoms. The lowest BCUT2D eigenvalue weighted by molar-refractivity contribution is 0.0444. The Hall–Kier alpha value is -4.27. The van der Waals surface area contributed by atoms with Gasteiger partial charge in [-0.2, -0.15) is 0 Å². The topological polar surface area (TPSA) is 118 Å². The van der Waals surface area contributed by atoms with Crippen LogP contribution in [0.1, 0.15) is 79.8 Å². The van der Waals surface area contributed by atoms with Gasteiger partial charge in [-0.05, 0) is 80.8 Å². The highest BCUT2D eigenvalue weighted by molar-refractivity contribution is 5.84. The normalized spacial score (nSPS) is 18.2. The zero-order chi connectivity index (χ0) is 29.1. The average Bonchev–Trinajstić information content (AvgIpc) is 3.52. The van der Waals surface area contributed by atoms with E-state index in [-0.39, 0.29) is 36.9 Å². The van der Waals surface area contributed by atoms with Crippen LogP contribution in [-0.2, 0) is 16.0 Å². The fraction of sp³-hybridized carbons (Fsp3) is 0.406. The van der Waals surface area contributed by atoms with Crippen molar-refractivity contribution in [2.75, 3.05) is 6.61 Å². The van der Waals surface area contributed by atoms with Crippen LogP contribution in [0.15, 0.2) is 65.1 Å². The summed E-state index contributed by atoms with van der Waals surface area (Å²) in [4.78, 5) is 39.1. The summed E-state index contributed by atoms with van der Waals surface area (Å²) < 4.78 is 16.9. The molecule has 0 saturated heterocycles. The highest BCUT2D eigenvalue weighted by Crippen LogP contribution is 2.44. The number of rotatable bonds is 7. The predicted molar refractivity (Wildman–Crippen MR) is 152 cm³/mol. The molecule has 1 heterocycles. The van der Waals surface area contributed by atoms with Gasteiger partial charge in [0.25, 0.3) is 0 Å². The first-order valence-corrected chi connectivity index (χ1v) is 14.0. The molecule has 2 aliphatic carbocycles. The maximum Gasteiger partial charge on any atom is 0.410 e. The molecule has 0 unspecified atom stereocenters. The largest absolute Gasteiger partial charge is 0.475 e. The smallest absolute Gasteiger partial charge is 0.410 e. The maximum absolute atomic E-state index is 13.7. The van der Waals surface area contributed by atoms with Gasteiger partial charge < -0.3 is 24.3 Å². The van der Waals surface area contributed by atoms with Crippen molar-refractivity contribution in [2.24, 2.45) is 0 Å². The summed E-state index contributed by atoms with van der Waals surface area (Å²) in [5.74, 6) is -1.12. The number of fused-ring (bicyclic) bond motifs is 3. The molecule has 3 aromatic rings. The van der Waals surface area contributed by atoms with E-state index in [4.69, 9.17) is 13.9 Å². The quantitative estimate of drug-likeness (QED) is 0.336. The lowest BCUT2D eigenvalue weighted by Gasteiger charge is -2.37. The van der Waals surface area contributed by atoms with E-state index in [9.17, 15) is 19.5 Å². The Morgan fingerprint density at radius 2 is 1.63 bits per heavy atom. The number of furan rings is 1. The van der Waals surface area contributed by atoms with Gasteiger partial charge in [-0.25, -0.2) is 14.4 Å². The number of nitrogens with one attached hydrogen (secondary N) is 1. The fourth-order valence-electron chi connectivity index (χ4n) is 5.82. The number of benzene rings is 2. The summed E-state index contributed by atoms with van der Waals surface area (Å²) in [5, 5.41) is 12.2.